The zero-order chi connectivity index (χ0) is 19.3. The van der Waals surface area contributed by atoms with Crippen molar-refractivity contribution in [2.24, 2.45) is 5.92 Å². The predicted octanol–water partition coefficient (Wildman–Crippen LogP) is 2.75. The number of likely N-dealkylation sites (N-methyl/N-ethyl adjacent to an activating group) is 1. The van der Waals surface area contributed by atoms with E-state index in [4.69, 9.17) is 4.74 Å². The second-order valence-electron chi connectivity index (χ2n) is 7.86. The summed E-state index contributed by atoms with van der Waals surface area (Å²) >= 11 is 0. The molecule has 1 saturated carbocycles. The van der Waals surface area contributed by atoms with Crippen molar-refractivity contribution in [1.29, 1.82) is 0 Å². The van der Waals surface area contributed by atoms with Crippen LogP contribution < -0.4 is 10.1 Å². The SMILES string of the molecule is Cc1cc(-c2ccn3nc(NC(=O)C4CC4)cc3c2)c(OC2CN(C)C2)cn1. The number of carbonyl (C=O) groups excluding carboxylic acids is 1. The molecule has 7 heteroatoms. The van der Waals surface area contributed by atoms with Gasteiger partial charge in [-0.3, -0.25) is 14.7 Å². The Morgan fingerprint density at radius 1 is 1.25 bits per heavy atom. The summed E-state index contributed by atoms with van der Waals surface area (Å²) in [5.74, 6) is 1.61. The van der Waals surface area contributed by atoms with Crippen LogP contribution in [0.15, 0.2) is 36.7 Å². The van der Waals surface area contributed by atoms with Gasteiger partial charge in [-0.25, -0.2) is 4.52 Å². The highest BCUT2D eigenvalue weighted by atomic mass is 16.5. The van der Waals surface area contributed by atoms with Crippen molar-refractivity contribution in [2.75, 3.05) is 25.5 Å². The Balaban J connectivity index is 1.45. The Kier molecular flexibility index (Phi) is 4.05. The van der Waals surface area contributed by atoms with E-state index in [2.05, 4.69) is 39.5 Å². The van der Waals surface area contributed by atoms with Crippen LogP contribution in [0.5, 0.6) is 5.75 Å². The van der Waals surface area contributed by atoms with Crippen LogP contribution in [-0.2, 0) is 4.79 Å². The Morgan fingerprint density at radius 2 is 2.07 bits per heavy atom. The van der Waals surface area contributed by atoms with E-state index in [1.165, 1.54) is 0 Å². The molecule has 1 amide bonds. The Labute approximate surface area is 163 Å². The fraction of sp³-hybridized carbons (Fsp3) is 0.381. The number of likely N-dealkylation sites (tertiary alicyclic amines) is 1. The van der Waals surface area contributed by atoms with Gasteiger partial charge in [0.25, 0.3) is 0 Å². The number of fused-ring (bicyclic) bond motifs is 1. The van der Waals surface area contributed by atoms with Crippen molar-refractivity contribution >= 4 is 17.2 Å². The van der Waals surface area contributed by atoms with Gasteiger partial charge in [-0.15, -0.1) is 0 Å². The summed E-state index contributed by atoms with van der Waals surface area (Å²) in [6.07, 6.45) is 5.88. The van der Waals surface area contributed by atoms with Crippen LogP contribution >= 0.6 is 0 Å². The number of carbonyl (C=O) groups is 1. The van der Waals surface area contributed by atoms with E-state index in [0.717, 1.165) is 54.0 Å². The molecule has 2 aliphatic rings. The predicted molar refractivity (Wildman–Crippen MR) is 106 cm³/mol. The largest absolute Gasteiger partial charge is 0.485 e. The van der Waals surface area contributed by atoms with E-state index in [0.29, 0.717) is 5.82 Å². The monoisotopic (exact) mass is 377 g/mol. The molecular formula is C21H23N5O2. The topological polar surface area (TPSA) is 71.8 Å². The van der Waals surface area contributed by atoms with Crippen LogP contribution in [0.25, 0.3) is 16.6 Å². The fourth-order valence-electron chi connectivity index (χ4n) is 3.56. The van der Waals surface area contributed by atoms with Crippen molar-refractivity contribution in [2.45, 2.75) is 25.9 Å². The smallest absolute Gasteiger partial charge is 0.228 e. The molecule has 5 rings (SSSR count). The highest BCUT2D eigenvalue weighted by Crippen LogP contribution is 2.33. The molecule has 0 bridgehead atoms. The summed E-state index contributed by atoms with van der Waals surface area (Å²) in [6, 6.07) is 8.03. The lowest BCUT2D eigenvalue weighted by atomic mass is 10.1. The molecule has 3 aromatic rings. The average molecular weight is 377 g/mol. The summed E-state index contributed by atoms with van der Waals surface area (Å²) in [5.41, 5.74) is 3.93. The van der Waals surface area contributed by atoms with Gasteiger partial charge in [-0.1, -0.05) is 0 Å². The third-order valence-electron chi connectivity index (χ3n) is 5.30. The minimum Gasteiger partial charge on any atom is -0.485 e. The van der Waals surface area contributed by atoms with E-state index in [9.17, 15) is 4.79 Å². The maximum Gasteiger partial charge on any atom is 0.228 e. The van der Waals surface area contributed by atoms with Gasteiger partial charge in [0.2, 0.25) is 5.91 Å². The minimum atomic E-state index is 0.0644. The summed E-state index contributed by atoms with van der Waals surface area (Å²) < 4.78 is 7.96. The number of amides is 1. The second kappa shape index (κ2) is 6.60. The van der Waals surface area contributed by atoms with Crippen LogP contribution in [0.3, 0.4) is 0 Å². The summed E-state index contributed by atoms with van der Waals surface area (Å²) in [5, 5.41) is 7.36. The van der Waals surface area contributed by atoms with E-state index in [1.54, 1.807) is 4.52 Å². The zero-order valence-corrected chi connectivity index (χ0v) is 16.1. The molecular weight excluding hydrogens is 354 g/mol. The number of nitrogens with one attached hydrogen (secondary N) is 1. The van der Waals surface area contributed by atoms with Gasteiger partial charge in [0, 0.05) is 42.5 Å². The first-order chi connectivity index (χ1) is 13.5. The van der Waals surface area contributed by atoms with Crippen molar-refractivity contribution in [1.82, 2.24) is 19.5 Å². The molecule has 0 radical (unpaired) electrons. The van der Waals surface area contributed by atoms with Gasteiger partial charge in [0.05, 0.1) is 11.7 Å². The van der Waals surface area contributed by atoms with Crippen LogP contribution in [0.1, 0.15) is 18.5 Å². The molecule has 1 aliphatic carbocycles. The highest BCUT2D eigenvalue weighted by Gasteiger charge is 2.30. The van der Waals surface area contributed by atoms with Crippen LogP contribution in [0, 0.1) is 12.8 Å². The lowest BCUT2D eigenvalue weighted by Crippen LogP contribution is -2.51. The molecule has 144 valence electrons. The summed E-state index contributed by atoms with van der Waals surface area (Å²) in [7, 11) is 2.08. The summed E-state index contributed by atoms with van der Waals surface area (Å²) in [4.78, 5) is 18.6. The standard InChI is InChI=1S/C21H23N5O2/c1-13-7-18(19(10-22-13)28-17-11-25(2)12-17)15-5-6-26-16(8-15)9-20(24-26)23-21(27)14-3-4-14/h5-10,14,17H,3-4,11-12H2,1-2H3,(H,23,24,27). The molecule has 0 atom stereocenters. The van der Waals surface area contributed by atoms with E-state index >= 15 is 0 Å². The highest BCUT2D eigenvalue weighted by molar-refractivity contribution is 5.93. The lowest BCUT2D eigenvalue weighted by molar-refractivity contribution is -0.117. The van der Waals surface area contributed by atoms with E-state index < -0.39 is 0 Å². The number of nitrogens with zero attached hydrogens (tertiary/aromatic N) is 4. The molecule has 28 heavy (non-hydrogen) atoms. The van der Waals surface area contributed by atoms with Gasteiger partial charge < -0.3 is 10.1 Å². The first-order valence-corrected chi connectivity index (χ1v) is 9.68. The van der Waals surface area contributed by atoms with Gasteiger partial charge in [-0.2, -0.15) is 5.10 Å². The third-order valence-corrected chi connectivity index (χ3v) is 5.30. The number of anilines is 1. The van der Waals surface area contributed by atoms with Gasteiger partial charge >= 0.3 is 0 Å². The number of hydrogen-bond acceptors (Lipinski definition) is 5. The van der Waals surface area contributed by atoms with Crippen LogP contribution in [0.4, 0.5) is 5.82 Å². The molecule has 1 saturated heterocycles. The quantitative estimate of drug-likeness (QED) is 0.740. The molecule has 0 unspecified atom stereocenters. The molecule has 7 nitrogen and oxygen atoms in total. The van der Waals surface area contributed by atoms with Gasteiger partial charge in [0.15, 0.2) is 5.82 Å². The molecule has 4 heterocycles. The minimum absolute atomic E-state index is 0.0644. The van der Waals surface area contributed by atoms with E-state index in [-0.39, 0.29) is 17.9 Å². The maximum atomic E-state index is 12.0. The molecule has 2 fully saturated rings. The number of rotatable bonds is 5. The number of ether oxygens (including phenoxy) is 1. The summed E-state index contributed by atoms with van der Waals surface area (Å²) in [6.45, 7) is 3.84. The molecule has 1 N–H and O–H groups in total. The Morgan fingerprint density at radius 3 is 2.82 bits per heavy atom. The first kappa shape index (κ1) is 17.2. The molecule has 0 spiro atoms. The Hall–Kier alpha value is -2.93. The first-order valence-electron chi connectivity index (χ1n) is 9.68. The molecule has 1 aliphatic heterocycles. The van der Waals surface area contributed by atoms with Crippen molar-refractivity contribution in [3.05, 3.63) is 42.4 Å². The number of pyridine rings is 2. The normalized spacial score (nSPS) is 17.5. The van der Waals surface area contributed by atoms with Gasteiger partial charge in [-0.05, 0) is 50.6 Å². The van der Waals surface area contributed by atoms with E-state index in [1.807, 2.05) is 31.5 Å². The van der Waals surface area contributed by atoms with Crippen molar-refractivity contribution in [3.63, 3.8) is 0 Å². The van der Waals surface area contributed by atoms with Crippen LogP contribution in [-0.4, -0.2) is 51.6 Å². The number of aryl methyl sites for hydroxylation is 1. The van der Waals surface area contributed by atoms with Gasteiger partial charge in [0.1, 0.15) is 11.9 Å². The Bertz CT molecular complexity index is 1050. The zero-order valence-electron chi connectivity index (χ0n) is 16.1. The number of aromatic nitrogens is 3. The fourth-order valence-corrected chi connectivity index (χ4v) is 3.56. The van der Waals surface area contributed by atoms with Crippen molar-refractivity contribution < 1.29 is 9.53 Å². The van der Waals surface area contributed by atoms with Crippen LogP contribution in [0.2, 0.25) is 0 Å². The van der Waals surface area contributed by atoms with Crippen molar-refractivity contribution in [3.8, 4) is 16.9 Å². The maximum absolute atomic E-state index is 12.0. The third kappa shape index (κ3) is 3.33. The second-order valence-corrected chi connectivity index (χ2v) is 7.86. The number of hydrogen-bond donors (Lipinski definition) is 1. The lowest BCUT2D eigenvalue weighted by Gasteiger charge is -2.36. The average Bonchev–Trinajstić information content (AvgIpc) is 3.42. The molecule has 0 aromatic carbocycles. The molecule has 3 aromatic heterocycles.